The van der Waals surface area contributed by atoms with Crippen LogP contribution in [0, 0.1) is 11.3 Å². The van der Waals surface area contributed by atoms with Gasteiger partial charge in [-0.3, -0.25) is 10.1 Å². The first-order valence-electron chi connectivity index (χ1n) is 10.7. The molecule has 2 atom stereocenters. The predicted octanol–water partition coefficient (Wildman–Crippen LogP) is 3.47. The van der Waals surface area contributed by atoms with Gasteiger partial charge in [-0.25, -0.2) is 9.78 Å². The summed E-state index contributed by atoms with van der Waals surface area (Å²) in [6.07, 6.45) is 3.20. The van der Waals surface area contributed by atoms with Gasteiger partial charge < -0.3 is 9.80 Å². The van der Waals surface area contributed by atoms with Crippen LogP contribution in [0.5, 0.6) is 0 Å². The standard InChI is InChI=1S/C21H25F3N6O/c22-21(23,24)17-2-1-15(9-25-17)7-14-3-5-20(8-14)11-30(12-20)19(31)29-6-4-16(10-29)18-26-13-27-28-18/h1-2,9,13-14,16H,3-8,10-12H2,(H,26,27,28). The Morgan fingerprint density at radius 2 is 2.03 bits per heavy atom. The van der Waals surface area contributed by atoms with Crippen molar-refractivity contribution in [1.29, 1.82) is 0 Å². The maximum absolute atomic E-state index is 12.9. The number of aromatic amines is 1. The second-order valence-corrected chi connectivity index (χ2v) is 9.30. The van der Waals surface area contributed by atoms with E-state index >= 15 is 0 Å². The molecule has 166 valence electrons. The third-order valence-corrected chi connectivity index (χ3v) is 7.05. The van der Waals surface area contributed by atoms with Crippen LogP contribution in [0.1, 0.15) is 48.7 Å². The predicted molar refractivity (Wildman–Crippen MR) is 105 cm³/mol. The summed E-state index contributed by atoms with van der Waals surface area (Å²) in [4.78, 5) is 24.5. The SMILES string of the molecule is O=C(N1CCC(c2ncn[nH]2)C1)N1CC2(CCC(Cc3ccc(C(F)(F)F)nc3)C2)C1. The van der Waals surface area contributed by atoms with Crippen LogP contribution in [0.3, 0.4) is 0 Å². The molecule has 7 nitrogen and oxygen atoms in total. The zero-order chi connectivity index (χ0) is 21.6. The first kappa shape index (κ1) is 20.3. The molecule has 1 spiro atoms. The second-order valence-electron chi connectivity index (χ2n) is 9.30. The molecule has 5 rings (SSSR count). The first-order chi connectivity index (χ1) is 14.8. The molecule has 3 fully saturated rings. The van der Waals surface area contributed by atoms with Crippen LogP contribution >= 0.6 is 0 Å². The average molecular weight is 434 g/mol. The molecule has 31 heavy (non-hydrogen) atoms. The molecule has 4 heterocycles. The highest BCUT2D eigenvalue weighted by Gasteiger charge is 2.50. The fourth-order valence-electron chi connectivity index (χ4n) is 5.50. The third kappa shape index (κ3) is 3.99. The van der Waals surface area contributed by atoms with Gasteiger partial charge in [0.1, 0.15) is 17.8 Å². The highest BCUT2D eigenvalue weighted by molar-refractivity contribution is 5.76. The van der Waals surface area contributed by atoms with Gasteiger partial charge in [0.2, 0.25) is 0 Å². The molecule has 2 unspecified atom stereocenters. The van der Waals surface area contributed by atoms with Crippen molar-refractivity contribution in [3.8, 4) is 0 Å². The number of hydrogen-bond acceptors (Lipinski definition) is 4. The van der Waals surface area contributed by atoms with Crippen LogP contribution in [0.25, 0.3) is 0 Å². The summed E-state index contributed by atoms with van der Waals surface area (Å²) in [5.74, 6) is 1.49. The van der Waals surface area contributed by atoms with Crippen LogP contribution in [-0.2, 0) is 12.6 Å². The van der Waals surface area contributed by atoms with E-state index in [0.29, 0.717) is 12.5 Å². The van der Waals surface area contributed by atoms with Crippen LogP contribution in [0.15, 0.2) is 24.7 Å². The van der Waals surface area contributed by atoms with Gasteiger partial charge in [0.15, 0.2) is 0 Å². The Labute approximate surface area is 178 Å². The van der Waals surface area contributed by atoms with E-state index in [4.69, 9.17) is 0 Å². The Balaban J connectivity index is 1.11. The van der Waals surface area contributed by atoms with E-state index in [1.807, 2.05) is 9.80 Å². The van der Waals surface area contributed by atoms with Crippen molar-refractivity contribution >= 4 is 6.03 Å². The number of hydrogen-bond donors (Lipinski definition) is 1. The maximum Gasteiger partial charge on any atom is 0.433 e. The number of halogens is 3. The molecule has 3 aliphatic rings. The van der Waals surface area contributed by atoms with Gasteiger partial charge in [-0.1, -0.05) is 6.07 Å². The molecule has 0 radical (unpaired) electrons. The lowest BCUT2D eigenvalue weighted by molar-refractivity contribution is -0.141. The lowest BCUT2D eigenvalue weighted by Gasteiger charge is -2.49. The van der Waals surface area contributed by atoms with Crippen molar-refractivity contribution < 1.29 is 18.0 Å². The monoisotopic (exact) mass is 434 g/mol. The Bertz CT molecular complexity index is 924. The van der Waals surface area contributed by atoms with Crippen molar-refractivity contribution in [1.82, 2.24) is 30.0 Å². The van der Waals surface area contributed by atoms with Gasteiger partial charge in [-0.15, -0.1) is 0 Å². The van der Waals surface area contributed by atoms with Crippen LogP contribution in [0.2, 0.25) is 0 Å². The number of alkyl halides is 3. The van der Waals surface area contributed by atoms with Crippen molar-refractivity contribution in [2.75, 3.05) is 26.2 Å². The number of H-pyrrole nitrogens is 1. The molecule has 0 bridgehead atoms. The molecule has 2 amide bonds. The minimum atomic E-state index is -4.40. The molecule has 10 heteroatoms. The number of aromatic nitrogens is 4. The van der Waals surface area contributed by atoms with Crippen molar-refractivity contribution in [3.05, 3.63) is 41.7 Å². The smallest absolute Gasteiger partial charge is 0.324 e. The van der Waals surface area contributed by atoms with E-state index in [1.165, 1.54) is 18.6 Å². The van der Waals surface area contributed by atoms with E-state index in [9.17, 15) is 18.0 Å². The van der Waals surface area contributed by atoms with Gasteiger partial charge in [0, 0.05) is 43.7 Å². The lowest BCUT2D eigenvalue weighted by Crippen LogP contribution is -2.60. The molecule has 2 aliphatic heterocycles. The molecule has 1 saturated carbocycles. The van der Waals surface area contributed by atoms with Crippen LogP contribution in [-0.4, -0.2) is 62.2 Å². The van der Waals surface area contributed by atoms with Gasteiger partial charge in [-0.05, 0) is 49.7 Å². The molecule has 2 saturated heterocycles. The Morgan fingerprint density at radius 3 is 2.71 bits per heavy atom. The summed E-state index contributed by atoms with van der Waals surface area (Å²) in [6.45, 7) is 2.95. The summed E-state index contributed by atoms with van der Waals surface area (Å²) in [6, 6.07) is 2.70. The number of carbonyl (C=O) groups is 1. The molecule has 2 aromatic heterocycles. The third-order valence-electron chi connectivity index (χ3n) is 7.05. The number of nitrogens with one attached hydrogen (secondary N) is 1. The van der Waals surface area contributed by atoms with Gasteiger partial charge in [0.25, 0.3) is 0 Å². The topological polar surface area (TPSA) is 78.0 Å². The van der Waals surface area contributed by atoms with E-state index < -0.39 is 11.9 Å². The Kier molecular flexibility index (Phi) is 4.90. The Hall–Kier alpha value is -2.65. The molecule has 1 N–H and O–H groups in total. The van der Waals surface area contributed by atoms with Crippen molar-refractivity contribution in [3.63, 3.8) is 0 Å². The Morgan fingerprint density at radius 1 is 1.19 bits per heavy atom. The molecule has 1 aliphatic carbocycles. The van der Waals surface area contributed by atoms with E-state index in [0.717, 1.165) is 69.2 Å². The summed E-state index contributed by atoms with van der Waals surface area (Å²) in [5, 5.41) is 6.79. The van der Waals surface area contributed by atoms with Crippen LogP contribution in [0.4, 0.5) is 18.0 Å². The molecule has 2 aromatic rings. The number of nitrogens with zero attached hydrogens (tertiary/aromatic N) is 5. The zero-order valence-corrected chi connectivity index (χ0v) is 17.1. The van der Waals surface area contributed by atoms with Crippen molar-refractivity contribution in [2.24, 2.45) is 11.3 Å². The normalized spacial score (nSPS) is 25.3. The van der Waals surface area contributed by atoms with Crippen molar-refractivity contribution in [2.45, 2.75) is 44.2 Å². The maximum atomic E-state index is 12.9. The summed E-state index contributed by atoms with van der Waals surface area (Å²) in [7, 11) is 0. The highest BCUT2D eigenvalue weighted by Crippen LogP contribution is 2.49. The number of likely N-dealkylation sites (tertiary alicyclic amines) is 2. The fraction of sp³-hybridized carbons (Fsp3) is 0.619. The lowest BCUT2D eigenvalue weighted by atomic mass is 9.77. The number of pyridine rings is 1. The molecular weight excluding hydrogens is 409 g/mol. The van der Waals surface area contributed by atoms with Gasteiger partial charge in [0.05, 0.1) is 0 Å². The quantitative estimate of drug-likeness (QED) is 0.803. The largest absolute Gasteiger partial charge is 0.433 e. The number of rotatable bonds is 3. The van der Waals surface area contributed by atoms with Gasteiger partial charge >= 0.3 is 12.2 Å². The number of amides is 2. The van der Waals surface area contributed by atoms with E-state index in [-0.39, 0.29) is 17.4 Å². The summed E-state index contributed by atoms with van der Waals surface area (Å²) < 4.78 is 38.0. The van der Waals surface area contributed by atoms with E-state index in [1.54, 1.807) is 0 Å². The van der Waals surface area contributed by atoms with Crippen LogP contribution < -0.4 is 0 Å². The number of carbonyl (C=O) groups excluding carboxylic acids is 1. The zero-order valence-electron chi connectivity index (χ0n) is 17.1. The van der Waals surface area contributed by atoms with Gasteiger partial charge in [-0.2, -0.15) is 18.3 Å². The first-order valence-corrected chi connectivity index (χ1v) is 10.7. The fourth-order valence-corrected chi connectivity index (χ4v) is 5.50. The minimum Gasteiger partial charge on any atom is -0.324 e. The summed E-state index contributed by atoms with van der Waals surface area (Å²) >= 11 is 0. The molecular formula is C21H25F3N6O. The minimum absolute atomic E-state index is 0.100. The second kappa shape index (κ2) is 7.49. The summed E-state index contributed by atoms with van der Waals surface area (Å²) in [5.41, 5.74) is 0.168. The molecule has 0 aromatic carbocycles. The average Bonchev–Trinajstić information content (AvgIpc) is 3.45. The van der Waals surface area contributed by atoms with E-state index in [2.05, 4.69) is 20.2 Å². The highest BCUT2D eigenvalue weighted by atomic mass is 19.4. The number of urea groups is 1.